The third kappa shape index (κ3) is 5.02. The highest BCUT2D eigenvalue weighted by Crippen LogP contribution is 2.20. The maximum atomic E-state index is 12.4. The van der Waals surface area contributed by atoms with Crippen LogP contribution in [-0.2, 0) is 4.79 Å². The van der Waals surface area contributed by atoms with Crippen LogP contribution in [0.3, 0.4) is 0 Å². The van der Waals surface area contributed by atoms with Gasteiger partial charge in [0, 0.05) is 43.2 Å². The third-order valence-electron chi connectivity index (χ3n) is 5.11. The fourth-order valence-electron chi connectivity index (χ4n) is 3.28. The highest BCUT2D eigenvalue weighted by Gasteiger charge is 2.16. The minimum absolute atomic E-state index is 0.121. The van der Waals surface area contributed by atoms with Gasteiger partial charge in [0.25, 0.3) is 0 Å². The quantitative estimate of drug-likeness (QED) is 0.809. The van der Waals surface area contributed by atoms with E-state index in [9.17, 15) is 4.79 Å². The predicted molar refractivity (Wildman–Crippen MR) is 114 cm³/mol. The second-order valence-electron chi connectivity index (χ2n) is 7.01. The minimum atomic E-state index is -0.380. The largest absolute Gasteiger partial charge is 0.374 e. The zero-order valence-electron chi connectivity index (χ0n) is 16.5. The molecule has 0 spiro atoms. The lowest BCUT2D eigenvalue weighted by molar-refractivity contribution is -0.116. The van der Waals surface area contributed by atoms with E-state index in [0.717, 1.165) is 38.4 Å². The van der Waals surface area contributed by atoms with Crippen LogP contribution in [0.2, 0.25) is 0 Å². The van der Waals surface area contributed by atoms with Gasteiger partial charge in [0.1, 0.15) is 6.04 Å². The Kier molecular flexibility index (Phi) is 6.51. The fraction of sp³-hybridized carbons (Fsp3) is 0.364. The van der Waals surface area contributed by atoms with E-state index in [0.29, 0.717) is 11.3 Å². The fourth-order valence-corrected chi connectivity index (χ4v) is 3.28. The molecule has 146 valence electrons. The molecule has 1 aliphatic heterocycles. The molecule has 2 aromatic rings. The lowest BCUT2D eigenvalue weighted by atomic mass is 10.2. The van der Waals surface area contributed by atoms with Crippen molar-refractivity contribution in [3.05, 3.63) is 54.1 Å². The summed E-state index contributed by atoms with van der Waals surface area (Å²) in [5.41, 5.74) is 3.38. The Balaban J connectivity index is 1.52. The van der Waals surface area contributed by atoms with E-state index >= 15 is 0 Å². The number of rotatable bonds is 6. The van der Waals surface area contributed by atoms with Crippen molar-refractivity contribution in [2.75, 3.05) is 48.3 Å². The summed E-state index contributed by atoms with van der Waals surface area (Å²) in [5.74, 6) is -0.121. The van der Waals surface area contributed by atoms with Crippen molar-refractivity contribution < 1.29 is 4.79 Å². The number of amides is 1. The number of carbonyl (C=O) groups excluding carboxylic acids is 1. The third-order valence-corrected chi connectivity index (χ3v) is 5.11. The van der Waals surface area contributed by atoms with Crippen LogP contribution in [0.1, 0.15) is 19.4 Å². The molecule has 0 saturated carbocycles. The molecule has 1 heterocycles. The first-order chi connectivity index (χ1) is 13.6. The molecule has 3 rings (SSSR count). The Morgan fingerprint density at radius 2 is 1.64 bits per heavy atom. The van der Waals surface area contributed by atoms with E-state index in [2.05, 4.69) is 45.6 Å². The zero-order chi connectivity index (χ0) is 19.9. The number of carbonyl (C=O) groups is 1. The lowest BCUT2D eigenvalue weighted by Gasteiger charge is -2.35. The van der Waals surface area contributed by atoms with Crippen molar-refractivity contribution in [2.45, 2.75) is 19.9 Å². The molecule has 28 heavy (non-hydrogen) atoms. The van der Waals surface area contributed by atoms with E-state index in [1.54, 1.807) is 24.3 Å². The maximum absolute atomic E-state index is 12.4. The second-order valence-corrected chi connectivity index (χ2v) is 7.01. The van der Waals surface area contributed by atoms with E-state index in [-0.39, 0.29) is 11.9 Å². The number of anilines is 3. The summed E-state index contributed by atoms with van der Waals surface area (Å²) in [5, 5.41) is 14.9. The lowest BCUT2D eigenvalue weighted by Crippen LogP contribution is -2.46. The smallest absolute Gasteiger partial charge is 0.246 e. The van der Waals surface area contributed by atoms with Crippen molar-refractivity contribution in [3.63, 3.8) is 0 Å². The van der Waals surface area contributed by atoms with Crippen LogP contribution in [0.15, 0.2) is 48.5 Å². The first-order valence-electron chi connectivity index (χ1n) is 9.74. The Morgan fingerprint density at radius 1 is 1.04 bits per heavy atom. The van der Waals surface area contributed by atoms with E-state index in [4.69, 9.17) is 5.26 Å². The molecule has 2 N–H and O–H groups in total. The van der Waals surface area contributed by atoms with Gasteiger partial charge >= 0.3 is 0 Å². The molecule has 6 heteroatoms. The highest BCUT2D eigenvalue weighted by atomic mass is 16.2. The number of piperazine rings is 1. The number of likely N-dealkylation sites (N-methyl/N-ethyl adjacent to an activating group) is 1. The Hall–Kier alpha value is -3.04. The predicted octanol–water partition coefficient (Wildman–Crippen LogP) is 3.14. The molecule has 6 nitrogen and oxygen atoms in total. The van der Waals surface area contributed by atoms with Gasteiger partial charge in [0.2, 0.25) is 5.91 Å². The zero-order valence-corrected chi connectivity index (χ0v) is 16.5. The Bertz CT molecular complexity index is 818. The second kappa shape index (κ2) is 9.25. The number of nitrogens with one attached hydrogen (secondary N) is 2. The molecule has 0 radical (unpaired) electrons. The van der Waals surface area contributed by atoms with Crippen molar-refractivity contribution in [1.82, 2.24) is 4.90 Å². The monoisotopic (exact) mass is 377 g/mol. The highest BCUT2D eigenvalue weighted by molar-refractivity contribution is 5.96. The van der Waals surface area contributed by atoms with Gasteiger partial charge in [0.15, 0.2) is 0 Å². The molecule has 1 fully saturated rings. The van der Waals surface area contributed by atoms with Gasteiger partial charge in [-0.05, 0) is 62.0 Å². The number of hydrogen-bond acceptors (Lipinski definition) is 5. The van der Waals surface area contributed by atoms with Crippen LogP contribution in [0, 0.1) is 11.3 Å². The number of nitriles is 1. The molecular formula is C22H27N5O. The van der Waals surface area contributed by atoms with Gasteiger partial charge in [-0.25, -0.2) is 0 Å². The molecule has 1 atom stereocenters. The van der Waals surface area contributed by atoms with Crippen molar-refractivity contribution in [1.29, 1.82) is 5.26 Å². The molecule has 0 aliphatic carbocycles. The number of nitrogens with zero attached hydrogens (tertiary/aromatic N) is 3. The van der Waals surface area contributed by atoms with Gasteiger partial charge < -0.3 is 20.4 Å². The minimum Gasteiger partial charge on any atom is -0.374 e. The van der Waals surface area contributed by atoms with Crippen LogP contribution >= 0.6 is 0 Å². The van der Waals surface area contributed by atoms with Crippen LogP contribution in [-0.4, -0.2) is 49.6 Å². The summed E-state index contributed by atoms with van der Waals surface area (Å²) < 4.78 is 0. The van der Waals surface area contributed by atoms with Crippen molar-refractivity contribution in [2.24, 2.45) is 0 Å². The molecule has 1 saturated heterocycles. The SMILES string of the molecule is CCN1CCN(c2ccc(N[C@H](C)C(=O)Nc3ccc(C#N)cc3)cc2)CC1. The average Bonchev–Trinajstić information content (AvgIpc) is 2.75. The van der Waals surface area contributed by atoms with Gasteiger partial charge in [-0.15, -0.1) is 0 Å². The summed E-state index contributed by atoms with van der Waals surface area (Å²) in [4.78, 5) is 17.3. The first-order valence-corrected chi connectivity index (χ1v) is 9.74. The first kappa shape index (κ1) is 19.7. The Morgan fingerprint density at radius 3 is 2.21 bits per heavy atom. The standard InChI is InChI=1S/C22H27N5O/c1-3-26-12-14-27(15-13-26)21-10-8-19(9-11-21)24-17(2)22(28)25-20-6-4-18(16-23)5-7-20/h4-11,17,24H,3,12-15H2,1-2H3,(H,25,28)/t17-/m1/s1. The Labute approximate surface area is 166 Å². The maximum Gasteiger partial charge on any atom is 0.246 e. The van der Waals surface area contributed by atoms with Gasteiger partial charge in [-0.1, -0.05) is 6.92 Å². The molecule has 1 amide bonds. The summed E-state index contributed by atoms with van der Waals surface area (Å²) in [7, 11) is 0. The van der Waals surface area contributed by atoms with E-state index < -0.39 is 0 Å². The summed E-state index contributed by atoms with van der Waals surface area (Å²) in [6, 6.07) is 16.8. The average molecular weight is 377 g/mol. The molecule has 2 aromatic carbocycles. The molecule has 0 aromatic heterocycles. The van der Waals surface area contributed by atoms with E-state index in [1.807, 2.05) is 19.1 Å². The van der Waals surface area contributed by atoms with Crippen LogP contribution < -0.4 is 15.5 Å². The molecule has 0 unspecified atom stereocenters. The molecule has 1 aliphatic rings. The van der Waals surface area contributed by atoms with Crippen molar-refractivity contribution >= 4 is 23.0 Å². The van der Waals surface area contributed by atoms with Crippen LogP contribution in [0.4, 0.5) is 17.1 Å². The van der Waals surface area contributed by atoms with Crippen LogP contribution in [0.25, 0.3) is 0 Å². The molecular weight excluding hydrogens is 350 g/mol. The van der Waals surface area contributed by atoms with E-state index in [1.165, 1.54) is 5.69 Å². The van der Waals surface area contributed by atoms with Gasteiger partial charge in [0.05, 0.1) is 11.6 Å². The normalized spacial score (nSPS) is 15.5. The van der Waals surface area contributed by atoms with Gasteiger partial charge in [-0.3, -0.25) is 4.79 Å². The summed E-state index contributed by atoms with van der Waals surface area (Å²) in [6.07, 6.45) is 0. The van der Waals surface area contributed by atoms with Gasteiger partial charge in [-0.2, -0.15) is 5.26 Å². The topological polar surface area (TPSA) is 71.4 Å². The summed E-state index contributed by atoms with van der Waals surface area (Å²) in [6.45, 7) is 9.44. The van der Waals surface area contributed by atoms with Crippen molar-refractivity contribution in [3.8, 4) is 6.07 Å². The molecule has 0 bridgehead atoms. The number of hydrogen-bond donors (Lipinski definition) is 2. The number of benzene rings is 2. The van der Waals surface area contributed by atoms with Crippen LogP contribution in [0.5, 0.6) is 0 Å². The summed E-state index contributed by atoms with van der Waals surface area (Å²) >= 11 is 0.